The molecule has 0 aromatic heterocycles. The molecular formula is C14H16N2O3. The molecule has 1 aliphatic heterocycles. The van der Waals surface area contributed by atoms with E-state index < -0.39 is 6.04 Å². The van der Waals surface area contributed by atoms with E-state index in [9.17, 15) is 10.1 Å². The Balaban J connectivity index is 2.22. The van der Waals surface area contributed by atoms with E-state index in [1.54, 1.807) is 25.2 Å². The summed E-state index contributed by atoms with van der Waals surface area (Å²) in [7, 11) is 1.65. The first-order chi connectivity index (χ1) is 9.17. The van der Waals surface area contributed by atoms with Crippen LogP contribution in [-0.4, -0.2) is 24.6 Å². The minimum Gasteiger partial charge on any atom is -0.454 e. The number of nitrogens with zero attached hydrogens (tertiary/aromatic N) is 2. The standard InChI is InChI=1S/C14H16N2O3/c1-3-4-14(17)16(2)11(8-15)10-5-6-12-13(7-10)19-9-18-12/h5-7,11H,3-4,9H2,1-2H3. The van der Waals surface area contributed by atoms with E-state index in [1.165, 1.54) is 4.90 Å². The second-order valence-corrected chi connectivity index (χ2v) is 4.40. The van der Waals surface area contributed by atoms with Crippen LogP contribution < -0.4 is 9.47 Å². The zero-order valence-electron chi connectivity index (χ0n) is 11.0. The third-order valence-electron chi connectivity index (χ3n) is 3.08. The van der Waals surface area contributed by atoms with Crippen molar-refractivity contribution in [1.82, 2.24) is 4.90 Å². The van der Waals surface area contributed by atoms with Gasteiger partial charge in [-0.2, -0.15) is 5.26 Å². The van der Waals surface area contributed by atoms with Gasteiger partial charge in [-0.15, -0.1) is 0 Å². The van der Waals surface area contributed by atoms with Crippen LogP contribution >= 0.6 is 0 Å². The smallest absolute Gasteiger partial charge is 0.231 e. The molecule has 1 amide bonds. The van der Waals surface area contributed by atoms with Crippen molar-refractivity contribution in [3.63, 3.8) is 0 Å². The summed E-state index contributed by atoms with van der Waals surface area (Å²) in [5.74, 6) is 1.25. The van der Waals surface area contributed by atoms with E-state index in [2.05, 4.69) is 6.07 Å². The molecule has 1 unspecified atom stereocenters. The van der Waals surface area contributed by atoms with E-state index in [1.807, 2.05) is 6.92 Å². The quantitative estimate of drug-likeness (QED) is 0.832. The van der Waals surface area contributed by atoms with Gasteiger partial charge in [0.25, 0.3) is 0 Å². The van der Waals surface area contributed by atoms with Crippen molar-refractivity contribution >= 4 is 5.91 Å². The van der Waals surface area contributed by atoms with Crippen LogP contribution in [0, 0.1) is 11.3 Å². The molecule has 0 fully saturated rings. The van der Waals surface area contributed by atoms with Crippen molar-refractivity contribution in [2.45, 2.75) is 25.8 Å². The van der Waals surface area contributed by atoms with Crippen LogP contribution in [0.4, 0.5) is 0 Å². The van der Waals surface area contributed by atoms with Crippen LogP contribution in [0.25, 0.3) is 0 Å². The van der Waals surface area contributed by atoms with Gasteiger partial charge in [-0.1, -0.05) is 13.0 Å². The molecular weight excluding hydrogens is 244 g/mol. The van der Waals surface area contributed by atoms with Gasteiger partial charge in [0.15, 0.2) is 11.5 Å². The number of benzene rings is 1. The molecule has 0 spiro atoms. The maximum absolute atomic E-state index is 11.9. The highest BCUT2D eigenvalue weighted by Gasteiger charge is 2.23. The highest BCUT2D eigenvalue weighted by Crippen LogP contribution is 2.35. The lowest BCUT2D eigenvalue weighted by Gasteiger charge is -2.23. The van der Waals surface area contributed by atoms with Crippen LogP contribution in [-0.2, 0) is 4.79 Å². The van der Waals surface area contributed by atoms with E-state index >= 15 is 0 Å². The van der Waals surface area contributed by atoms with Crippen LogP contribution in [0.3, 0.4) is 0 Å². The summed E-state index contributed by atoms with van der Waals surface area (Å²) in [5.41, 5.74) is 0.735. The minimum atomic E-state index is -0.603. The topological polar surface area (TPSA) is 62.6 Å². The number of ether oxygens (including phenoxy) is 2. The lowest BCUT2D eigenvalue weighted by Crippen LogP contribution is -2.30. The first-order valence-corrected chi connectivity index (χ1v) is 6.22. The molecule has 0 radical (unpaired) electrons. The van der Waals surface area contributed by atoms with Gasteiger partial charge in [-0.05, 0) is 24.1 Å². The van der Waals surface area contributed by atoms with Gasteiger partial charge < -0.3 is 14.4 Å². The molecule has 0 N–H and O–H groups in total. The van der Waals surface area contributed by atoms with Gasteiger partial charge in [0.05, 0.1) is 6.07 Å². The fourth-order valence-corrected chi connectivity index (χ4v) is 2.00. The number of hydrogen-bond acceptors (Lipinski definition) is 4. The van der Waals surface area contributed by atoms with E-state index in [0.29, 0.717) is 17.9 Å². The first kappa shape index (κ1) is 13.2. The second-order valence-electron chi connectivity index (χ2n) is 4.40. The summed E-state index contributed by atoms with van der Waals surface area (Å²) in [6.07, 6.45) is 1.21. The molecule has 0 saturated heterocycles. The Morgan fingerprint density at radius 1 is 1.47 bits per heavy atom. The van der Waals surface area contributed by atoms with Gasteiger partial charge in [0.2, 0.25) is 12.7 Å². The van der Waals surface area contributed by atoms with Crippen molar-refractivity contribution < 1.29 is 14.3 Å². The Bertz CT molecular complexity index is 522. The van der Waals surface area contributed by atoms with Crippen LogP contribution in [0.1, 0.15) is 31.4 Å². The number of carbonyl (C=O) groups excluding carboxylic acids is 1. The van der Waals surface area contributed by atoms with Gasteiger partial charge in [0, 0.05) is 13.5 Å². The molecule has 0 aliphatic carbocycles. The zero-order valence-corrected chi connectivity index (χ0v) is 11.0. The number of amides is 1. The number of fused-ring (bicyclic) bond motifs is 1. The normalized spacial score (nSPS) is 13.7. The molecule has 1 atom stereocenters. The highest BCUT2D eigenvalue weighted by atomic mass is 16.7. The van der Waals surface area contributed by atoms with E-state index in [0.717, 1.165) is 12.0 Å². The highest BCUT2D eigenvalue weighted by molar-refractivity contribution is 5.76. The summed E-state index contributed by atoms with van der Waals surface area (Å²) in [5, 5.41) is 9.30. The Labute approximate surface area is 112 Å². The molecule has 1 heterocycles. The molecule has 1 aromatic carbocycles. The third-order valence-corrected chi connectivity index (χ3v) is 3.08. The lowest BCUT2D eigenvalue weighted by atomic mass is 10.1. The van der Waals surface area contributed by atoms with Gasteiger partial charge in [0.1, 0.15) is 6.04 Å². The first-order valence-electron chi connectivity index (χ1n) is 6.22. The molecule has 1 aromatic rings. The molecule has 5 nitrogen and oxygen atoms in total. The number of rotatable bonds is 4. The zero-order chi connectivity index (χ0) is 13.8. The SMILES string of the molecule is CCCC(=O)N(C)C(C#N)c1ccc2c(c1)OCO2. The summed E-state index contributed by atoms with van der Waals surface area (Å²) >= 11 is 0. The molecule has 0 bridgehead atoms. The molecule has 100 valence electrons. The number of nitriles is 1. The minimum absolute atomic E-state index is 0.0354. The summed E-state index contributed by atoms with van der Waals surface area (Å²) in [6, 6.07) is 6.86. The largest absolute Gasteiger partial charge is 0.454 e. The average molecular weight is 260 g/mol. The molecule has 1 aliphatic rings. The fourth-order valence-electron chi connectivity index (χ4n) is 2.00. The summed E-state index contributed by atoms with van der Waals surface area (Å²) < 4.78 is 10.5. The Kier molecular flexibility index (Phi) is 3.91. The maximum atomic E-state index is 11.9. The average Bonchev–Trinajstić information content (AvgIpc) is 2.87. The third kappa shape index (κ3) is 2.63. The predicted molar refractivity (Wildman–Crippen MR) is 68.6 cm³/mol. The fraction of sp³-hybridized carbons (Fsp3) is 0.429. The maximum Gasteiger partial charge on any atom is 0.231 e. The van der Waals surface area contributed by atoms with Crippen molar-refractivity contribution in [1.29, 1.82) is 5.26 Å². The van der Waals surface area contributed by atoms with Gasteiger partial charge in [-0.25, -0.2) is 0 Å². The van der Waals surface area contributed by atoms with E-state index in [4.69, 9.17) is 9.47 Å². The molecule has 5 heteroatoms. The second kappa shape index (κ2) is 5.61. The van der Waals surface area contributed by atoms with Crippen LogP contribution in [0.5, 0.6) is 11.5 Å². The molecule has 2 rings (SSSR count). The molecule has 19 heavy (non-hydrogen) atoms. The Hall–Kier alpha value is -2.22. The predicted octanol–water partition coefficient (Wildman–Crippen LogP) is 2.24. The summed E-state index contributed by atoms with van der Waals surface area (Å²) in [6.45, 7) is 2.13. The van der Waals surface area contributed by atoms with Crippen molar-refractivity contribution in [3.8, 4) is 17.6 Å². The Morgan fingerprint density at radius 3 is 2.89 bits per heavy atom. The number of carbonyl (C=O) groups is 1. The monoisotopic (exact) mass is 260 g/mol. The Morgan fingerprint density at radius 2 is 2.21 bits per heavy atom. The van der Waals surface area contributed by atoms with Crippen molar-refractivity contribution in [3.05, 3.63) is 23.8 Å². The molecule has 0 saturated carbocycles. The van der Waals surface area contributed by atoms with Crippen LogP contribution in [0.15, 0.2) is 18.2 Å². The van der Waals surface area contributed by atoms with Gasteiger partial charge in [-0.3, -0.25) is 4.79 Å². The van der Waals surface area contributed by atoms with Crippen LogP contribution in [0.2, 0.25) is 0 Å². The van der Waals surface area contributed by atoms with E-state index in [-0.39, 0.29) is 12.7 Å². The summed E-state index contributed by atoms with van der Waals surface area (Å²) in [4.78, 5) is 13.3. The van der Waals surface area contributed by atoms with Crippen molar-refractivity contribution in [2.24, 2.45) is 0 Å². The number of hydrogen-bond donors (Lipinski definition) is 0. The van der Waals surface area contributed by atoms with Gasteiger partial charge >= 0.3 is 0 Å². The van der Waals surface area contributed by atoms with Crippen molar-refractivity contribution in [2.75, 3.05) is 13.8 Å². The lowest BCUT2D eigenvalue weighted by molar-refractivity contribution is -0.131.